The topological polar surface area (TPSA) is 67.4 Å². The molecule has 2 N–H and O–H groups in total. The number of nitrogens with one attached hydrogen (secondary N) is 2. The molecule has 2 rings (SSSR count). The van der Waals surface area contributed by atoms with Crippen LogP contribution in [0.5, 0.6) is 0 Å². The van der Waals surface area contributed by atoms with Gasteiger partial charge in [-0.3, -0.25) is 0 Å². The quantitative estimate of drug-likeness (QED) is 0.481. The van der Waals surface area contributed by atoms with Crippen LogP contribution in [0.2, 0.25) is 0 Å². The van der Waals surface area contributed by atoms with Gasteiger partial charge < -0.3 is 15.4 Å². The Kier molecular flexibility index (Phi) is 7.89. The van der Waals surface area contributed by atoms with Gasteiger partial charge in [0.25, 0.3) is 0 Å². The van der Waals surface area contributed by atoms with Crippen molar-refractivity contribution in [2.45, 2.75) is 19.8 Å². The van der Waals surface area contributed by atoms with Crippen molar-refractivity contribution in [3.8, 4) is 0 Å². The van der Waals surface area contributed by atoms with Gasteiger partial charge in [-0.25, -0.2) is 9.59 Å². The van der Waals surface area contributed by atoms with E-state index in [1.807, 2.05) is 31.2 Å². The Morgan fingerprint density at radius 3 is 2.73 bits per heavy atom. The predicted molar refractivity (Wildman–Crippen MR) is 107 cm³/mol. The molecule has 0 radical (unpaired) electrons. The fourth-order valence-electron chi connectivity index (χ4n) is 2.14. The van der Waals surface area contributed by atoms with Gasteiger partial charge in [0.2, 0.25) is 0 Å². The van der Waals surface area contributed by atoms with E-state index in [-0.39, 0.29) is 0 Å². The van der Waals surface area contributed by atoms with E-state index < -0.39 is 12.0 Å². The number of hydrogen-bond donors (Lipinski definition) is 2. The number of para-hydroxylation sites is 1. The molecule has 5 nitrogen and oxygen atoms in total. The van der Waals surface area contributed by atoms with Gasteiger partial charge in [-0.15, -0.1) is 0 Å². The molecule has 0 atom stereocenters. The van der Waals surface area contributed by atoms with Crippen LogP contribution in [0.3, 0.4) is 0 Å². The number of halogens is 1. The lowest BCUT2D eigenvalue weighted by Gasteiger charge is -2.10. The zero-order valence-electron chi connectivity index (χ0n) is 14.5. The van der Waals surface area contributed by atoms with E-state index in [9.17, 15) is 9.59 Å². The van der Waals surface area contributed by atoms with Crippen molar-refractivity contribution in [1.29, 1.82) is 0 Å². The second-order valence-electron chi connectivity index (χ2n) is 5.52. The second kappa shape index (κ2) is 10.4. The molecule has 0 aliphatic carbocycles. The van der Waals surface area contributed by atoms with Crippen LogP contribution >= 0.6 is 15.9 Å². The zero-order chi connectivity index (χ0) is 18.8. The molecule has 2 aromatic carbocycles. The molecule has 0 unspecified atom stereocenters. The van der Waals surface area contributed by atoms with Gasteiger partial charge in [-0.2, -0.15) is 0 Å². The van der Waals surface area contributed by atoms with Gasteiger partial charge >= 0.3 is 12.0 Å². The van der Waals surface area contributed by atoms with Crippen molar-refractivity contribution in [3.05, 3.63) is 70.3 Å². The molecule has 2 aromatic rings. The minimum Gasteiger partial charge on any atom is -0.462 e. The SMILES string of the molecule is CCCCOC(=O)c1ccccc1NC(=O)N/C=C/c1cccc(Br)c1. The predicted octanol–water partition coefficient (Wildman–Crippen LogP) is 5.20. The first kappa shape index (κ1) is 19.7. The summed E-state index contributed by atoms with van der Waals surface area (Å²) in [5, 5.41) is 5.29. The van der Waals surface area contributed by atoms with Gasteiger partial charge in [-0.1, -0.05) is 53.5 Å². The molecule has 26 heavy (non-hydrogen) atoms. The van der Waals surface area contributed by atoms with E-state index in [4.69, 9.17) is 4.74 Å². The maximum Gasteiger partial charge on any atom is 0.340 e. The Bertz CT molecular complexity index is 790. The number of hydrogen-bond acceptors (Lipinski definition) is 3. The highest BCUT2D eigenvalue weighted by Crippen LogP contribution is 2.16. The lowest BCUT2D eigenvalue weighted by molar-refractivity contribution is 0.0501. The van der Waals surface area contributed by atoms with Gasteiger partial charge in [0, 0.05) is 10.7 Å². The van der Waals surface area contributed by atoms with E-state index in [1.165, 1.54) is 0 Å². The molecular formula is C20H21BrN2O3. The number of unbranched alkanes of at least 4 members (excludes halogenated alkanes) is 1. The Morgan fingerprint density at radius 1 is 1.15 bits per heavy atom. The summed E-state index contributed by atoms with van der Waals surface area (Å²) in [6.45, 7) is 2.39. The zero-order valence-corrected chi connectivity index (χ0v) is 16.1. The fourth-order valence-corrected chi connectivity index (χ4v) is 2.56. The summed E-state index contributed by atoms with van der Waals surface area (Å²) in [7, 11) is 0. The summed E-state index contributed by atoms with van der Waals surface area (Å²) in [6, 6.07) is 14.0. The van der Waals surface area contributed by atoms with Crippen molar-refractivity contribution in [2.75, 3.05) is 11.9 Å². The number of carbonyl (C=O) groups is 2. The number of anilines is 1. The first-order chi connectivity index (χ1) is 12.6. The van der Waals surface area contributed by atoms with Gasteiger partial charge in [0.1, 0.15) is 0 Å². The monoisotopic (exact) mass is 416 g/mol. The van der Waals surface area contributed by atoms with Crippen molar-refractivity contribution < 1.29 is 14.3 Å². The number of urea groups is 1. The molecular weight excluding hydrogens is 396 g/mol. The highest BCUT2D eigenvalue weighted by Gasteiger charge is 2.13. The van der Waals surface area contributed by atoms with Gasteiger partial charge in [0.05, 0.1) is 17.9 Å². The summed E-state index contributed by atoms with van der Waals surface area (Å²) in [5.41, 5.74) is 1.68. The largest absolute Gasteiger partial charge is 0.462 e. The van der Waals surface area contributed by atoms with Gasteiger partial charge in [0.15, 0.2) is 0 Å². The number of carbonyl (C=O) groups excluding carboxylic acids is 2. The summed E-state index contributed by atoms with van der Waals surface area (Å²) >= 11 is 3.39. The molecule has 0 aliphatic heterocycles. The first-order valence-electron chi connectivity index (χ1n) is 8.36. The number of benzene rings is 2. The van der Waals surface area contributed by atoms with Crippen molar-refractivity contribution in [1.82, 2.24) is 5.32 Å². The lowest BCUT2D eigenvalue weighted by atomic mass is 10.2. The number of esters is 1. The van der Waals surface area contributed by atoms with Crippen LogP contribution < -0.4 is 10.6 Å². The van der Waals surface area contributed by atoms with E-state index >= 15 is 0 Å². The maximum atomic E-state index is 12.1. The average molecular weight is 417 g/mol. The summed E-state index contributed by atoms with van der Waals surface area (Å²) in [5.74, 6) is -0.445. The van der Waals surface area contributed by atoms with Crippen LogP contribution in [0, 0.1) is 0 Å². The molecule has 0 bridgehead atoms. The third-order valence-electron chi connectivity index (χ3n) is 3.47. The molecule has 0 aromatic heterocycles. The highest BCUT2D eigenvalue weighted by molar-refractivity contribution is 9.10. The van der Waals surface area contributed by atoms with Crippen LogP contribution in [0.1, 0.15) is 35.7 Å². The van der Waals surface area contributed by atoms with Crippen LogP contribution in [-0.2, 0) is 4.74 Å². The fraction of sp³-hybridized carbons (Fsp3) is 0.200. The first-order valence-corrected chi connectivity index (χ1v) is 9.15. The number of ether oxygens (including phenoxy) is 1. The Hall–Kier alpha value is -2.60. The second-order valence-corrected chi connectivity index (χ2v) is 6.44. The van der Waals surface area contributed by atoms with Crippen molar-refractivity contribution in [3.63, 3.8) is 0 Å². The normalized spacial score (nSPS) is 10.5. The van der Waals surface area contributed by atoms with Crippen molar-refractivity contribution >= 4 is 39.7 Å². The van der Waals surface area contributed by atoms with Gasteiger partial charge in [-0.05, 0) is 42.3 Å². The molecule has 6 heteroatoms. The van der Waals surface area contributed by atoms with Crippen LogP contribution in [-0.4, -0.2) is 18.6 Å². The highest BCUT2D eigenvalue weighted by atomic mass is 79.9. The molecule has 0 spiro atoms. The summed E-state index contributed by atoms with van der Waals surface area (Å²) in [6.07, 6.45) is 5.07. The minimum absolute atomic E-state index is 0.328. The summed E-state index contributed by atoms with van der Waals surface area (Å²) in [4.78, 5) is 24.2. The van der Waals surface area contributed by atoms with E-state index in [0.717, 1.165) is 22.9 Å². The molecule has 0 heterocycles. The van der Waals surface area contributed by atoms with Crippen LogP contribution in [0.15, 0.2) is 59.2 Å². The standard InChI is InChI=1S/C20H21BrN2O3/c1-2-3-13-26-19(24)17-9-4-5-10-18(17)23-20(25)22-12-11-15-7-6-8-16(21)14-15/h4-12,14H,2-3,13H2,1H3,(H2,22,23,25)/b12-11+. The van der Waals surface area contributed by atoms with Crippen molar-refractivity contribution in [2.24, 2.45) is 0 Å². The smallest absolute Gasteiger partial charge is 0.340 e. The third-order valence-corrected chi connectivity index (χ3v) is 3.96. The molecule has 0 fully saturated rings. The minimum atomic E-state index is -0.445. The van der Waals surface area contributed by atoms with Crippen LogP contribution in [0.25, 0.3) is 6.08 Å². The maximum absolute atomic E-state index is 12.1. The molecule has 2 amide bonds. The molecule has 136 valence electrons. The summed E-state index contributed by atoms with van der Waals surface area (Å²) < 4.78 is 6.17. The molecule has 0 saturated heterocycles. The number of amides is 2. The molecule has 0 saturated carbocycles. The molecule has 0 aliphatic rings. The van der Waals surface area contributed by atoms with E-state index in [2.05, 4.69) is 26.6 Å². The van der Waals surface area contributed by atoms with E-state index in [0.29, 0.717) is 17.9 Å². The lowest BCUT2D eigenvalue weighted by Crippen LogP contribution is -2.25. The Balaban J connectivity index is 1.95. The van der Waals surface area contributed by atoms with Crippen LogP contribution in [0.4, 0.5) is 10.5 Å². The average Bonchev–Trinajstić information content (AvgIpc) is 2.62. The third kappa shape index (κ3) is 6.37. The van der Waals surface area contributed by atoms with E-state index in [1.54, 1.807) is 36.5 Å². The number of rotatable bonds is 7. The Labute approximate surface area is 161 Å². The Morgan fingerprint density at radius 2 is 1.96 bits per heavy atom.